The first-order valence-corrected chi connectivity index (χ1v) is 10.3. The van der Waals surface area contributed by atoms with E-state index in [0.29, 0.717) is 12.8 Å². The zero-order valence-electron chi connectivity index (χ0n) is 12.7. The molecule has 1 atom stereocenters. The van der Waals surface area contributed by atoms with Crippen molar-refractivity contribution in [1.82, 2.24) is 8.61 Å². The summed E-state index contributed by atoms with van der Waals surface area (Å²) in [7, 11) is -4.39. The molecular formula is C12H22F2N2O4S2. The van der Waals surface area contributed by atoms with Crippen LogP contribution in [0.5, 0.6) is 0 Å². The van der Waals surface area contributed by atoms with Gasteiger partial charge in [0.25, 0.3) is 0 Å². The van der Waals surface area contributed by atoms with Gasteiger partial charge in [-0.05, 0) is 18.8 Å². The monoisotopic (exact) mass is 360 g/mol. The molecule has 6 nitrogen and oxygen atoms in total. The lowest BCUT2D eigenvalue weighted by Crippen LogP contribution is -2.50. The zero-order valence-corrected chi connectivity index (χ0v) is 14.3. The van der Waals surface area contributed by atoms with Gasteiger partial charge in [0.1, 0.15) is 0 Å². The first kappa shape index (κ1) is 18.0. The second kappa shape index (κ2) is 5.95. The quantitative estimate of drug-likeness (QED) is 0.724. The van der Waals surface area contributed by atoms with Crippen molar-refractivity contribution in [3.63, 3.8) is 0 Å². The molecule has 0 aromatic carbocycles. The van der Waals surface area contributed by atoms with Gasteiger partial charge in [-0.2, -0.15) is 0 Å². The molecule has 0 aromatic heterocycles. The van der Waals surface area contributed by atoms with E-state index in [0.717, 1.165) is 8.61 Å². The summed E-state index contributed by atoms with van der Waals surface area (Å²) < 4.78 is 76.8. The van der Waals surface area contributed by atoms with Crippen LogP contribution in [-0.4, -0.2) is 69.6 Å². The van der Waals surface area contributed by atoms with Gasteiger partial charge in [-0.25, -0.2) is 34.2 Å². The molecule has 2 aliphatic rings. The van der Waals surface area contributed by atoms with Gasteiger partial charge in [-0.3, -0.25) is 0 Å². The van der Waals surface area contributed by atoms with E-state index in [1.807, 2.05) is 0 Å². The fourth-order valence-electron chi connectivity index (χ4n) is 3.00. The molecule has 1 saturated heterocycles. The number of sulfonamides is 2. The van der Waals surface area contributed by atoms with E-state index < -0.39 is 50.0 Å². The molecule has 1 aliphatic carbocycles. The first-order chi connectivity index (χ1) is 9.94. The van der Waals surface area contributed by atoms with Gasteiger partial charge in [0.15, 0.2) is 0 Å². The van der Waals surface area contributed by atoms with Crippen LogP contribution in [0.2, 0.25) is 0 Å². The molecule has 0 unspecified atom stereocenters. The summed E-state index contributed by atoms with van der Waals surface area (Å²) in [6, 6.07) is 0. The van der Waals surface area contributed by atoms with E-state index in [-0.39, 0.29) is 18.8 Å². The van der Waals surface area contributed by atoms with Gasteiger partial charge >= 0.3 is 0 Å². The van der Waals surface area contributed by atoms with Gasteiger partial charge in [0, 0.05) is 40.0 Å². The highest BCUT2D eigenvalue weighted by Gasteiger charge is 2.48. The molecule has 1 aliphatic heterocycles. The normalized spacial score (nSPS) is 27.8. The van der Waals surface area contributed by atoms with Crippen molar-refractivity contribution in [2.24, 2.45) is 5.92 Å². The van der Waals surface area contributed by atoms with Crippen molar-refractivity contribution in [3.8, 4) is 0 Å². The lowest BCUT2D eigenvalue weighted by Gasteiger charge is -2.37. The minimum atomic E-state index is -3.70. The summed E-state index contributed by atoms with van der Waals surface area (Å²) in [4.78, 5) is 0. The minimum Gasteiger partial charge on any atom is -0.212 e. The van der Waals surface area contributed by atoms with Crippen molar-refractivity contribution in [3.05, 3.63) is 0 Å². The summed E-state index contributed by atoms with van der Waals surface area (Å²) in [6.07, 6.45) is 0.0603. The molecule has 0 N–H and O–H groups in total. The molecule has 2 fully saturated rings. The standard InChI is InChI=1S/C12H22F2N2O4S2/c1-15(2)22(19,20)11-4-3-5-16(8-11)21(17,18)9-10-6-12(13,14)7-10/h10-11H,3-9H2,1-2H3/t11-/m1/s1. The van der Waals surface area contributed by atoms with Gasteiger partial charge in [-0.15, -0.1) is 0 Å². The maximum atomic E-state index is 12.8. The summed E-state index contributed by atoms with van der Waals surface area (Å²) >= 11 is 0. The van der Waals surface area contributed by atoms with E-state index >= 15 is 0 Å². The Morgan fingerprint density at radius 2 is 1.77 bits per heavy atom. The SMILES string of the molecule is CN(C)S(=O)(=O)[C@@H]1CCCN(S(=O)(=O)CC2CC(F)(F)C2)C1. The van der Waals surface area contributed by atoms with Crippen molar-refractivity contribution >= 4 is 20.0 Å². The minimum absolute atomic E-state index is 0.0913. The third-order valence-electron chi connectivity index (χ3n) is 4.29. The average molecular weight is 360 g/mol. The Morgan fingerprint density at radius 3 is 2.27 bits per heavy atom. The molecule has 0 radical (unpaired) electrons. The fourth-order valence-corrected chi connectivity index (χ4v) is 6.39. The summed E-state index contributed by atoms with van der Waals surface area (Å²) in [5.41, 5.74) is 0. The molecular weight excluding hydrogens is 338 g/mol. The van der Waals surface area contributed by atoms with Gasteiger partial charge in [0.2, 0.25) is 26.0 Å². The second-order valence-electron chi connectivity index (χ2n) is 6.36. The number of halogens is 2. The van der Waals surface area contributed by atoms with E-state index in [4.69, 9.17) is 0 Å². The van der Waals surface area contributed by atoms with Gasteiger partial charge in [-0.1, -0.05) is 0 Å². The number of rotatable bonds is 5. The summed E-state index contributed by atoms with van der Waals surface area (Å²) in [5, 5.41) is -0.770. The number of hydrogen-bond acceptors (Lipinski definition) is 4. The highest BCUT2D eigenvalue weighted by molar-refractivity contribution is 7.90. The van der Waals surface area contributed by atoms with Crippen LogP contribution < -0.4 is 0 Å². The number of nitrogens with zero attached hydrogens (tertiary/aromatic N) is 2. The zero-order chi connectivity index (χ0) is 16.8. The van der Waals surface area contributed by atoms with Crippen LogP contribution in [0.1, 0.15) is 25.7 Å². The number of alkyl halides is 2. The smallest absolute Gasteiger partial charge is 0.212 e. The number of piperidine rings is 1. The van der Waals surface area contributed by atoms with Gasteiger partial charge in [0.05, 0.1) is 11.0 Å². The van der Waals surface area contributed by atoms with Crippen molar-refractivity contribution in [2.75, 3.05) is 32.9 Å². The number of hydrogen-bond donors (Lipinski definition) is 0. The Hall–Kier alpha value is -0.320. The lowest BCUT2D eigenvalue weighted by molar-refractivity contribution is -0.103. The Balaban J connectivity index is 2.02. The summed E-state index contributed by atoms with van der Waals surface area (Å²) in [5.74, 6) is -3.61. The van der Waals surface area contributed by atoms with Crippen LogP contribution >= 0.6 is 0 Å². The molecule has 1 saturated carbocycles. The molecule has 1 heterocycles. The molecule has 10 heteroatoms. The van der Waals surface area contributed by atoms with Crippen molar-refractivity contribution in [2.45, 2.75) is 36.9 Å². The van der Waals surface area contributed by atoms with Crippen LogP contribution in [0, 0.1) is 5.92 Å². The molecule has 0 aromatic rings. The van der Waals surface area contributed by atoms with E-state index in [9.17, 15) is 25.6 Å². The highest BCUT2D eigenvalue weighted by atomic mass is 32.2. The molecule has 130 valence electrons. The molecule has 0 spiro atoms. The Morgan fingerprint density at radius 1 is 1.18 bits per heavy atom. The van der Waals surface area contributed by atoms with E-state index in [1.165, 1.54) is 14.1 Å². The first-order valence-electron chi connectivity index (χ1n) is 7.21. The Bertz CT molecular complexity index is 611. The molecule has 22 heavy (non-hydrogen) atoms. The van der Waals surface area contributed by atoms with Crippen molar-refractivity contribution < 1.29 is 25.6 Å². The molecule has 0 bridgehead atoms. The average Bonchev–Trinajstić information content (AvgIpc) is 2.36. The van der Waals surface area contributed by atoms with Crippen LogP contribution in [-0.2, 0) is 20.0 Å². The topological polar surface area (TPSA) is 74.8 Å². The predicted molar refractivity (Wildman–Crippen MR) is 78.7 cm³/mol. The second-order valence-corrected chi connectivity index (χ2v) is 10.8. The Kier molecular flexibility index (Phi) is 4.88. The van der Waals surface area contributed by atoms with E-state index in [1.54, 1.807) is 0 Å². The van der Waals surface area contributed by atoms with Gasteiger partial charge < -0.3 is 0 Å². The third-order valence-corrected chi connectivity index (χ3v) is 8.54. The molecule has 2 rings (SSSR count). The van der Waals surface area contributed by atoms with Crippen molar-refractivity contribution in [1.29, 1.82) is 0 Å². The van der Waals surface area contributed by atoms with E-state index in [2.05, 4.69) is 0 Å². The van der Waals surface area contributed by atoms with Crippen LogP contribution in [0.3, 0.4) is 0 Å². The molecule has 0 amide bonds. The largest absolute Gasteiger partial charge is 0.248 e. The maximum absolute atomic E-state index is 12.8. The van der Waals surface area contributed by atoms with Crippen LogP contribution in [0.25, 0.3) is 0 Å². The highest BCUT2D eigenvalue weighted by Crippen LogP contribution is 2.43. The summed E-state index contributed by atoms with van der Waals surface area (Å²) in [6.45, 7) is 0.164. The predicted octanol–water partition coefficient (Wildman–Crippen LogP) is 0.717. The third kappa shape index (κ3) is 3.77. The fraction of sp³-hybridized carbons (Fsp3) is 1.00. The Labute approximate surface area is 130 Å². The van der Waals surface area contributed by atoms with Crippen LogP contribution in [0.4, 0.5) is 8.78 Å². The maximum Gasteiger partial charge on any atom is 0.248 e. The van der Waals surface area contributed by atoms with Crippen LogP contribution in [0.15, 0.2) is 0 Å². The lowest BCUT2D eigenvalue weighted by atomic mass is 9.83.